The van der Waals surface area contributed by atoms with Gasteiger partial charge in [0.2, 0.25) is 0 Å². The van der Waals surface area contributed by atoms with Crippen molar-refractivity contribution in [2.45, 2.75) is 50.0 Å². The third kappa shape index (κ3) is 4.94. The van der Waals surface area contributed by atoms with Crippen LogP contribution in [0.5, 0.6) is 0 Å². The van der Waals surface area contributed by atoms with Gasteiger partial charge >= 0.3 is 0 Å². The Morgan fingerprint density at radius 1 is 1.00 bits per heavy atom. The number of aliphatic hydroxyl groups is 4. The van der Waals surface area contributed by atoms with Gasteiger partial charge in [-0.05, 0) is 37.0 Å². The molecule has 0 aromatic heterocycles. The molecule has 6 nitrogen and oxygen atoms in total. The molecule has 0 bridgehead atoms. The molecule has 1 saturated heterocycles. The van der Waals surface area contributed by atoms with Gasteiger partial charge in [0.15, 0.2) is 6.29 Å². The summed E-state index contributed by atoms with van der Waals surface area (Å²) in [5.74, 6) is -0.264. The highest BCUT2D eigenvalue weighted by Crippen LogP contribution is 2.22. The minimum absolute atomic E-state index is 0.264. The highest BCUT2D eigenvalue weighted by molar-refractivity contribution is 5.15. The summed E-state index contributed by atoms with van der Waals surface area (Å²) in [7, 11) is 0. The topological polar surface area (TPSA) is 99.4 Å². The SMILES string of the molecule is OCC1OC(OCCCCc2ccc(F)cc2)C(O)C(O)C1O. The second-order valence-electron chi connectivity index (χ2n) is 5.65. The van der Waals surface area contributed by atoms with Crippen molar-refractivity contribution >= 4 is 0 Å². The molecule has 5 unspecified atom stereocenters. The molecule has 0 saturated carbocycles. The summed E-state index contributed by atoms with van der Waals surface area (Å²) in [6.07, 6.45) is -3.95. The Hall–Kier alpha value is -1.09. The highest BCUT2D eigenvalue weighted by atomic mass is 19.1. The lowest BCUT2D eigenvalue weighted by Gasteiger charge is -2.39. The molecule has 1 aliphatic heterocycles. The highest BCUT2D eigenvalue weighted by Gasteiger charge is 2.43. The average Bonchev–Trinajstić information content (AvgIpc) is 2.56. The molecule has 7 heteroatoms. The van der Waals surface area contributed by atoms with E-state index >= 15 is 0 Å². The predicted octanol–water partition coefficient (Wildman–Crippen LogP) is -0.0351. The number of aryl methyl sites for hydroxylation is 1. The zero-order valence-electron chi connectivity index (χ0n) is 12.7. The van der Waals surface area contributed by atoms with Crippen LogP contribution in [0.25, 0.3) is 0 Å². The summed E-state index contributed by atoms with van der Waals surface area (Å²) in [4.78, 5) is 0. The summed E-state index contributed by atoms with van der Waals surface area (Å²) in [6, 6.07) is 6.29. The molecule has 1 aromatic carbocycles. The van der Waals surface area contributed by atoms with Crippen molar-refractivity contribution in [3.63, 3.8) is 0 Å². The van der Waals surface area contributed by atoms with E-state index in [0.29, 0.717) is 13.0 Å². The van der Waals surface area contributed by atoms with Crippen LogP contribution in [0.3, 0.4) is 0 Å². The van der Waals surface area contributed by atoms with Crippen molar-refractivity contribution in [2.75, 3.05) is 13.2 Å². The van der Waals surface area contributed by atoms with Crippen LogP contribution < -0.4 is 0 Å². The van der Waals surface area contributed by atoms with E-state index in [1.165, 1.54) is 12.1 Å². The Morgan fingerprint density at radius 2 is 1.70 bits per heavy atom. The maximum atomic E-state index is 12.8. The number of hydrogen-bond acceptors (Lipinski definition) is 6. The van der Waals surface area contributed by atoms with E-state index in [9.17, 15) is 19.7 Å². The number of unbranched alkanes of at least 4 members (excludes halogenated alkanes) is 1. The molecule has 2 rings (SSSR count). The Bertz CT molecular complexity index is 466. The number of ether oxygens (including phenoxy) is 2. The summed E-state index contributed by atoms with van der Waals surface area (Å²) >= 11 is 0. The molecule has 1 heterocycles. The fourth-order valence-corrected chi connectivity index (χ4v) is 2.49. The number of aliphatic hydroxyl groups excluding tert-OH is 4. The molecule has 4 N–H and O–H groups in total. The largest absolute Gasteiger partial charge is 0.394 e. The van der Waals surface area contributed by atoms with Crippen LogP contribution in [0.4, 0.5) is 4.39 Å². The van der Waals surface area contributed by atoms with E-state index in [0.717, 1.165) is 18.4 Å². The molecule has 1 aliphatic rings. The number of rotatable bonds is 7. The average molecular weight is 330 g/mol. The van der Waals surface area contributed by atoms with Gasteiger partial charge in [-0.3, -0.25) is 0 Å². The molecule has 1 aromatic rings. The lowest BCUT2D eigenvalue weighted by atomic mass is 9.99. The standard InChI is InChI=1S/C16H23FO6/c17-11-6-4-10(5-7-11)3-1-2-8-22-16-15(21)14(20)13(19)12(9-18)23-16/h4-7,12-16,18-21H,1-3,8-9H2. The van der Waals surface area contributed by atoms with Crippen molar-refractivity contribution < 1.29 is 34.3 Å². The van der Waals surface area contributed by atoms with Crippen LogP contribution in [-0.2, 0) is 15.9 Å². The van der Waals surface area contributed by atoms with E-state index in [1.54, 1.807) is 12.1 Å². The van der Waals surface area contributed by atoms with Crippen molar-refractivity contribution in [3.05, 3.63) is 35.6 Å². The first-order valence-electron chi connectivity index (χ1n) is 7.69. The van der Waals surface area contributed by atoms with Gasteiger partial charge in [0, 0.05) is 6.61 Å². The number of hydrogen-bond donors (Lipinski definition) is 4. The Morgan fingerprint density at radius 3 is 2.35 bits per heavy atom. The molecule has 1 fully saturated rings. The molecule has 0 aliphatic carbocycles. The Labute approximate surface area is 134 Å². The Kier molecular flexibility index (Phi) is 6.88. The normalized spacial score (nSPS) is 31.3. The minimum atomic E-state index is -1.43. The zero-order chi connectivity index (χ0) is 16.8. The van der Waals surface area contributed by atoms with E-state index < -0.39 is 37.3 Å². The predicted molar refractivity (Wildman–Crippen MR) is 79.1 cm³/mol. The summed E-state index contributed by atoms with van der Waals surface area (Å²) in [6.45, 7) is -0.181. The van der Waals surface area contributed by atoms with Crippen molar-refractivity contribution in [1.29, 1.82) is 0 Å². The summed E-state index contributed by atoms with van der Waals surface area (Å²) in [5.41, 5.74) is 1.03. The van der Waals surface area contributed by atoms with Gasteiger partial charge in [0.1, 0.15) is 30.2 Å². The lowest BCUT2D eigenvalue weighted by molar-refractivity contribution is -0.301. The molecule has 130 valence electrons. The third-order valence-electron chi connectivity index (χ3n) is 3.90. The zero-order valence-corrected chi connectivity index (χ0v) is 12.7. The van der Waals surface area contributed by atoms with E-state index in [1.807, 2.05) is 0 Å². The van der Waals surface area contributed by atoms with Gasteiger partial charge < -0.3 is 29.9 Å². The van der Waals surface area contributed by atoms with Crippen molar-refractivity contribution in [1.82, 2.24) is 0 Å². The van der Waals surface area contributed by atoms with Gasteiger partial charge in [-0.1, -0.05) is 12.1 Å². The quantitative estimate of drug-likeness (QED) is 0.524. The van der Waals surface area contributed by atoms with Crippen LogP contribution in [0, 0.1) is 5.82 Å². The molecular formula is C16H23FO6. The first kappa shape index (κ1) is 18.3. The number of benzene rings is 1. The van der Waals surface area contributed by atoms with Gasteiger partial charge in [0.25, 0.3) is 0 Å². The first-order chi connectivity index (χ1) is 11.0. The van der Waals surface area contributed by atoms with E-state index in [2.05, 4.69) is 0 Å². The summed E-state index contributed by atoms with van der Waals surface area (Å²) < 4.78 is 23.4. The maximum absolute atomic E-state index is 12.8. The van der Waals surface area contributed by atoms with Crippen LogP contribution >= 0.6 is 0 Å². The summed E-state index contributed by atoms with van der Waals surface area (Å²) in [5, 5.41) is 38.2. The van der Waals surface area contributed by atoms with Crippen LogP contribution in [0.2, 0.25) is 0 Å². The van der Waals surface area contributed by atoms with Gasteiger partial charge in [0.05, 0.1) is 6.61 Å². The third-order valence-corrected chi connectivity index (χ3v) is 3.90. The monoisotopic (exact) mass is 330 g/mol. The fourth-order valence-electron chi connectivity index (χ4n) is 2.49. The molecule has 5 atom stereocenters. The molecule has 23 heavy (non-hydrogen) atoms. The van der Waals surface area contributed by atoms with Crippen LogP contribution in [0.1, 0.15) is 18.4 Å². The fraction of sp³-hybridized carbons (Fsp3) is 0.625. The molecule has 0 amide bonds. The first-order valence-corrected chi connectivity index (χ1v) is 7.69. The molecule has 0 spiro atoms. The molecular weight excluding hydrogens is 307 g/mol. The molecule has 0 radical (unpaired) electrons. The Balaban J connectivity index is 1.70. The van der Waals surface area contributed by atoms with E-state index in [4.69, 9.17) is 14.6 Å². The minimum Gasteiger partial charge on any atom is -0.394 e. The van der Waals surface area contributed by atoms with Crippen LogP contribution in [0.15, 0.2) is 24.3 Å². The number of halogens is 1. The smallest absolute Gasteiger partial charge is 0.186 e. The second-order valence-corrected chi connectivity index (χ2v) is 5.65. The second kappa shape index (κ2) is 8.68. The van der Waals surface area contributed by atoms with Gasteiger partial charge in [-0.25, -0.2) is 4.39 Å². The van der Waals surface area contributed by atoms with Crippen molar-refractivity contribution in [3.8, 4) is 0 Å². The van der Waals surface area contributed by atoms with Gasteiger partial charge in [-0.2, -0.15) is 0 Å². The van der Waals surface area contributed by atoms with Crippen molar-refractivity contribution in [2.24, 2.45) is 0 Å². The lowest BCUT2D eigenvalue weighted by Crippen LogP contribution is -2.59. The van der Waals surface area contributed by atoms with E-state index in [-0.39, 0.29) is 5.82 Å². The van der Waals surface area contributed by atoms with Crippen LogP contribution in [-0.4, -0.2) is 64.3 Å². The van der Waals surface area contributed by atoms with Gasteiger partial charge in [-0.15, -0.1) is 0 Å². The maximum Gasteiger partial charge on any atom is 0.186 e.